The molecule has 18 heavy (non-hydrogen) atoms. The predicted molar refractivity (Wildman–Crippen MR) is 73.5 cm³/mol. The Hall–Kier alpha value is -1.67. The van der Waals surface area contributed by atoms with Gasteiger partial charge < -0.3 is 5.11 Å². The van der Waals surface area contributed by atoms with Crippen LogP contribution >= 0.6 is 0 Å². The number of aliphatic hydroxyl groups excluding tert-OH is 1. The third kappa shape index (κ3) is 2.96. The van der Waals surface area contributed by atoms with Gasteiger partial charge in [0.1, 0.15) is 0 Å². The number of hydrogen-bond donors (Lipinski definition) is 1. The zero-order valence-corrected chi connectivity index (χ0v) is 10.9. The summed E-state index contributed by atoms with van der Waals surface area (Å²) in [6.07, 6.45) is 4.68. The molecule has 1 atom stereocenters. The molecule has 1 N–H and O–H groups in total. The van der Waals surface area contributed by atoms with Crippen LogP contribution in [-0.4, -0.2) is 10.1 Å². The molecule has 1 unspecified atom stereocenters. The molecule has 0 aliphatic carbocycles. The summed E-state index contributed by atoms with van der Waals surface area (Å²) in [5, 5.41) is 10.3. The van der Waals surface area contributed by atoms with Gasteiger partial charge >= 0.3 is 0 Å². The standard InChI is InChI=1S/C16H19NO/c1-3-14-11-17-8-7-15(14)16(18)10-13-6-4-5-12(2)9-13/h4-9,11,16,18H,3,10H2,1-2H3. The Morgan fingerprint density at radius 1 is 1.28 bits per heavy atom. The number of pyridine rings is 1. The molecule has 0 saturated heterocycles. The average Bonchev–Trinajstić information content (AvgIpc) is 2.38. The summed E-state index contributed by atoms with van der Waals surface area (Å²) in [6.45, 7) is 4.15. The molecule has 0 spiro atoms. The van der Waals surface area contributed by atoms with E-state index in [9.17, 15) is 5.11 Å². The monoisotopic (exact) mass is 241 g/mol. The van der Waals surface area contributed by atoms with E-state index in [1.165, 1.54) is 11.1 Å². The first-order valence-corrected chi connectivity index (χ1v) is 6.37. The minimum Gasteiger partial charge on any atom is -0.388 e. The smallest absolute Gasteiger partial charge is 0.0834 e. The zero-order valence-electron chi connectivity index (χ0n) is 10.9. The molecule has 0 aliphatic rings. The maximum Gasteiger partial charge on any atom is 0.0834 e. The number of aliphatic hydroxyl groups is 1. The van der Waals surface area contributed by atoms with Crippen molar-refractivity contribution in [2.45, 2.75) is 32.8 Å². The Morgan fingerprint density at radius 2 is 2.11 bits per heavy atom. The summed E-state index contributed by atoms with van der Waals surface area (Å²) < 4.78 is 0. The van der Waals surface area contributed by atoms with Crippen LogP contribution in [-0.2, 0) is 12.8 Å². The van der Waals surface area contributed by atoms with Gasteiger partial charge in [-0.25, -0.2) is 0 Å². The van der Waals surface area contributed by atoms with Gasteiger partial charge in [0.15, 0.2) is 0 Å². The molecule has 0 amide bonds. The van der Waals surface area contributed by atoms with E-state index in [2.05, 4.69) is 37.0 Å². The van der Waals surface area contributed by atoms with Crippen molar-refractivity contribution in [3.05, 3.63) is 65.0 Å². The van der Waals surface area contributed by atoms with Gasteiger partial charge in [0.2, 0.25) is 0 Å². The molecule has 2 rings (SSSR count). The number of nitrogens with zero attached hydrogens (tertiary/aromatic N) is 1. The molecule has 2 heteroatoms. The first-order chi connectivity index (χ1) is 8.70. The summed E-state index contributed by atoms with van der Waals surface area (Å²) in [4.78, 5) is 4.11. The SMILES string of the molecule is CCc1cnccc1C(O)Cc1cccc(C)c1. The molecule has 1 heterocycles. The Bertz CT molecular complexity index is 522. The van der Waals surface area contributed by atoms with E-state index in [0.29, 0.717) is 6.42 Å². The first kappa shape index (κ1) is 12.8. The van der Waals surface area contributed by atoms with Crippen molar-refractivity contribution < 1.29 is 5.11 Å². The second-order valence-corrected chi connectivity index (χ2v) is 4.64. The normalized spacial score (nSPS) is 12.4. The van der Waals surface area contributed by atoms with Gasteiger partial charge in [0, 0.05) is 18.8 Å². The van der Waals surface area contributed by atoms with Crippen LogP contribution in [0.2, 0.25) is 0 Å². The lowest BCUT2D eigenvalue weighted by atomic mass is 9.97. The molecule has 1 aromatic carbocycles. The van der Waals surface area contributed by atoms with Gasteiger partial charge in [-0.15, -0.1) is 0 Å². The van der Waals surface area contributed by atoms with Gasteiger partial charge in [-0.2, -0.15) is 0 Å². The van der Waals surface area contributed by atoms with Crippen molar-refractivity contribution in [2.75, 3.05) is 0 Å². The van der Waals surface area contributed by atoms with Crippen molar-refractivity contribution in [3.63, 3.8) is 0 Å². The minimum absolute atomic E-state index is 0.454. The Balaban J connectivity index is 2.19. The lowest BCUT2D eigenvalue weighted by Crippen LogP contribution is -2.05. The lowest BCUT2D eigenvalue weighted by Gasteiger charge is -2.14. The summed E-state index contributed by atoms with van der Waals surface area (Å²) in [6, 6.07) is 10.2. The summed E-state index contributed by atoms with van der Waals surface area (Å²) in [5.41, 5.74) is 4.51. The van der Waals surface area contributed by atoms with E-state index in [4.69, 9.17) is 0 Å². The molecular formula is C16H19NO. The quantitative estimate of drug-likeness (QED) is 0.891. The molecule has 0 radical (unpaired) electrons. The average molecular weight is 241 g/mol. The largest absolute Gasteiger partial charge is 0.388 e. The number of benzene rings is 1. The predicted octanol–water partition coefficient (Wildman–Crippen LogP) is 3.23. The van der Waals surface area contributed by atoms with Crippen molar-refractivity contribution in [1.82, 2.24) is 4.98 Å². The fraction of sp³-hybridized carbons (Fsp3) is 0.312. The van der Waals surface area contributed by atoms with Crippen molar-refractivity contribution >= 4 is 0 Å². The van der Waals surface area contributed by atoms with E-state index >= 15 is 0 Å². The molecule has 0 fully saturated rings. The van der Waals surface area contributed by atoms with Gasteiger partial charge in [-0.1, -0.05) is 36.8 Å². The van der Waals surface area contributed by atoms with Gasteiger partial charge in [-0.05, 0) is 36.1 Å². The highest BCUT2D eigenvalue weighted by Gasteiger charge is 2.12. The topological polar surface area (TPSA) is 33.1 Å². The summed E-state index contributed by atoms with van der Waals surface area (Å²) in [7, 11) is 0. The van der Waals surface area contributed by atoms with Crippen LogP contribution in [0.3, 0.4) is 0 Å². The molecule has 2 nitrogen and oxygen atoms in total. The van der Waals surface area contributed by atoms with E-state index in [0.717, 1.165) is 17.5 Å². The summed E-state index contributed by atoms with van der Waals surface area (Å²) >= 11 is 0. The number of hydrogen-bond acceptors (Lipinski definition) is 2. The van der Waals surface area contributed by atoms with Crippen LogP contribution < -0.4 is 0 Å². The van der Waals surface area contributed by atoms with Gasteiger partial charge in [-0.3, -0.25) is 4.98 Å². The van der Waals surface area contributed by atoms with Crippen molar-refractivity contribution in [1.29, 1.82) is 0 Å². The van der Waals surface area contributed by atoms with E-state index in [1.807, 2.05) is 18.3 Å². The van der Waals surface area contributed by atoms with Crippen LogP contribution in [0.4, 0.5) is 0 Å². The Labute approximate surface area is 108 Å². The number of aryl methyl sites for hydroxylation is 2. The second kappa shape index (κ2) is 5.78. The summed E-state index contributed by atoms with van der Waals surface area (Å²) in [5.74, 6) is 0. The van der Waals surface area contributed by atoms with Crippen LogP contribution in [0.25, 0.3) is 0 Å². The Morgan fingerprint density at radius 3 is 2.83 bits per heavy atom. The highest BCUT2D eigenvalue weighted by molar-refractivity contribution is 5.29. The van der Waals surface area contributed by atoms with Crippen LogP contribution in [0, 0.1) is 6.92 Å². The van der Waals surface area contributed by atoms with Crippen LogP contribution in [0.1, 0.15) is 35.3 Å². The van der Waals surface area contributed by atoms with E-state index in [-0.39, 0.29) is 0 Å². The van der Waals surface area contributed by atoms with Crippen molar-refractivity contribution in [2.24, 2.45) is 0 Å². The molecule has 0 saturated carbocycles. The highest BCUT2D eigenvalue weighted by atomic mass is 16.3. The van der Waals surface area contributed by atoms with Gasteiger partial charge in [0.25, 0.3) is 0 Å². The maximum absolute atomic E-state index is 10.3. The lowest BCUT2D eigenvalue weighted by molar-refractivity contribution is 0.177. The fourth-order valence-corrected chi connectivity index (χ4v) is 2.23. The third-order valence-electron chi connectivity index (χ3n) is 3.19. The molecule has 1 aromatic heterocycles. The molecular weight excluding hydrogens is 222 g/mol. The van der Waals surface area contributed by atoms with Crippen LogP contribution in [0.15, 0.2) is 42.7 Å². The third-order valence-corrected chi connectivity index (χ3v) is 3.19. The van der Waals surface area contributed by atoms with Crippen molar-refractivity contribution in [3.8, 4) is 0 Å². The Kier molecular flexibility index (Phi) is 4.11. The van der Waals surface area contributed by atoms with Gasteiger partial charge in [0.05, 0.1) is 6.10 Å². The highest BCUT2D eigenvalue weighted by Crippen LogP contribution is 2.22. The maximum atomic E-state index is 10.3. The first-order valence-electron chi connectivity index (χ1n) is 6.37. The minimum atomic E-state index is -0.454. The van der Waals surface area contributed by atoms with E-state index in [1.54, 1.807) is 6.20 Å². The number of aromatic nitrogens is 1. The van der Waals surface area contributed by atoms with Crippen LogP contribution in [0.5, 0.6) is 0 Å². The molecule has 0 aliphatic heterocycles. The molecule has 2 aromatic rings. The fourth-order valence-electron chi connectivity index (χ4n) is 2.23. The zero-order chi connectivity index (χ0) is 13.0. The molecule has 0 bridgehead atoms. The van der Waals surface area contributed by atoms with E-state index < -0.39 is 6.10 Å². The number of rotatable bonds is 4. The molecule has 94 valence electrons. The second-order valence-electron chi connectivity index (χ2n) is 4.64.